The van der Waals surface area contributed by atoms with Crippen LogP contribution in [0.15, 0.2) is 42.5 Å². The molecule has 0 radical (unpaired) electrons. The Morgan fingerprint density at radius 3 is 2.42 bits per heavy atom. The summed E-state index contributed by atoms with van der Waals surface area (Å²) in [7, 11) is 0. The summed E-state index contributed by atoms with van der Waals surface area (Å²) in [6.45, 7) is 3.62. The van der Waals surface area contributed by atoms with Crippen molar-refractivity contribution in [3.05, 3.63) is 70.8 Å². The molecule has 0 spiro atoms. The van der Waals surface area contributed by atoms with E-state index in [2.05, 4.69) is 0 Å². The number of hydrogen-bond donors (Lipinski definition) is 1. The number of aryl methyl sites for hydroxylation is 1. The standard InChI is InChI=1S/C16H17F2N/c1-11-9-13(17)8-7-12(11)10-16(2,19)14-5-3-4-6-15(14)18/h3-9H,10,19H2,1-2H3. The number of benzene rings is 2. The summed E-state index contributed by atoms with van der Waals surface area (Å²) in [4.78, 5) is 0. The van der Waals surface area contributed by atoms with E-state index in [-0.39, 0.29) is 11.6 Å². The van der Waals surface area contributed by atoms with E-state index in [1.54, 1.807) is 31.2 Å². The van der Waals surface area contributed by atoms with Gasteiger partial charge in [0, 0.05) is 11.1 Å². The molecule has 19 heavy (non-hydrogen) atoms. The molecule has 0 saturated heterocycles. The van der Waals surface area contributed by atoms with E-state index in [4.69, 9.17) is 5.73 Å². The summed E-state index contributed by atoms with van der Waals surface area (Å²) in [6, 6.07) is 11.1. The average molecular weight is 261 g/mol. The molecular weight excluding hydrogens is 244 g/mol. The molecule has 1 atom stereocenters. The van der Waals surface area contributed by atoms with Crippen LogP contribution in [0.25, 0.3) is 0 Å². The lowest BCUT2D eigenvalue weighted by Gasteiger charge is -2.26. The molecule has 2 aromatic carbocycles. The van der Waals surface area contributed by atoms with Crippen molar-refractivity contribution in [2.24, 2.45) is 5.73 Å². The van der Waals surface area contributed by atoms with Crippen LogP contribution in [0.1, 0.15) is 23.6 Å². The molecule has 2 aromatic rings. The first-order valence-electron chi connectivity index (χ1n) is 6.19. The zero-order chi connectivity index (χ0) is 14.0. The second-order valence-corrected chi connectivity index (χ2v) is 5.14. The molecule has 0 amide bonds. The van der Waals surface area contributed by atoms with Crippen molar-refractivity contribution in [3.63, 3.8) is 0 Å². The Labute approximate surface area is 112 Å². The fourth-order valence-corrected chi connectivity index (χ4v) is 2.27. The molecule has 0 saturated carbocycles. The lowest BCUT2D eigenvalue weighted by atomic mass is 9.85. The van der Waals surface area contributed by atoms with Gasteiger partial charge in [0.1, 0.15) is 11.6 Å². The summed E-state index contributed by atoms with van der Waals surface area (Å²) in [5.74, 6) is -0.585. The average Bonchev–Trinajstić information content (AvgIpc) is 2.33. The van der Waals surface area contributed by atoms with Crippen molar-refractivity contribution in [3.8, 4) is 0 Å². The largest absolute Gasteiger partial charge is 0.321 e. The Morgan fingerprint density at radius 2 is 1.79 bits per heavy atom. The molecule has 0 aliphatic rings. The summed E-state index contributed by atoms with van der Waals surface area (Å²) < 4.78 is 26.9. The highest BCUT2D eigenvalue weighted by atomic mass is 19.1. The fourth-order valence-electron chi connectivity index (χ4n) is 2.27. The maximum absolute atomic E-state index is 13.8. The van der Waals surface area contributed by atoms with Crippen LogP contribution in [-0.2, 0) is 12.0 Å². The van der Waals surface area contributed by atoms with E-state index >= 15 is 0 Å². The van der Waals surface area contributed by atoms with Crippen LogP contribution >= 0.6 is 0 Å². The van der Waals surface area contributed by atoms with Crippen LogP contribution in [0.4, 0.5) is 8.78 Å². The van der Waals surface area contributed by atoms with E-state index in [1.807, 2.05) is 6.92 Å². The van der Waals surface area contributed by atoms with Gasteiger partial charge in [-0.05, 0) is 49.6 Å². The number of hydrogen-bond acceptors (Lipinski definition) is 1. The Balaban J connectivity index is 2.33. The van der Waals surface area contributed by atoms with Crippen LogP contribution in [-0.4, -0.2) is 0 Å². The molecule has 0 aliphatic carbocycles. The Kier molecular flexibility index (Phi) is 3.67. The van der Waals surface area contributed by atoms with E-state index in [9.17, 15) is 8.78 Å². The van der Waals surface area contributed by atoms with Crippen LogP contribution < -0.4 is 5.73 Å². The van der Waals surface area contributed by atoms with Gasteiger partial charge in [0.05, 0.1) is 0 Å². The molecule has 100 valence electrons. The Morgan fingerprint density at radius 1 is 1.11 bits per heavy atom. The zero-order valence-corrected chi connectivity index (χ0v) is 11.1. The van der Waals surface area contributed by atoms with Gasteiger partial charge < -0.3 is 5.73 Å². The minimum atomic E-state index is -0.825. The quantitative estimate of drug-likeness (QED) is 0.896. The van der Waals surface area contributed by atoms with Gasteiger partial charge in [-0.2, -0.15) is 0 Å². The molecule has 1 nitrogen and oxygen atoms in total. The maximum Gasteiger partial charge on any atom is 0.128 e. The van der Waals surface area contributed by atoms with Crippen molar-refractivity contribution in [1.29, 1.82) is 0 Å². The first kappa shape index (κ1) is 13.7. The molecule has 0 bridgehead atoms. The van der Waals surface area contributed by atoms with Crippen molar-refractivity contribution >= 4 is 0 Å². The smallest absolute Gasteiger partial charge is 0.128 e. The molecule has 1 unspecified atom stereocenters. The topological polar surface area (TPSA) is 26.0 Å². The highest BCUT2D eigenvalue weighted by Gasteiger charge is 2.25. The van der Waals surface area contributed by atoms with Crippen LogP contribution in [0.2, 0.25) is 0 Å². The highest BCUT2D eigenvalue weighted by molar-refractivity contribution is 5.32. The van der Waals surface area contributed by atoms with E-state index < -0.39 is 5.54 Å². The summed E-state index contributed by atoms with van der Waals surface area (Å²) >= 11 is 0. The predicted octanol–water partition coefficient (Wildman–Crippen LogP) is 3.69. The second kappa shape index (κ2) is 5.10. The van der Waals surface area contributed by atoms with Gasteiger partial charge in [-0.1, -0.05) is 24.3 Å². The van der Waals surface area contributed by atoms with Crippen LogP contribution in [0.3, 0.4) is 0 Å². The third-order valence-electron chi connectivity index (χ3n) is 3.35. The second-order valence-electron chi connectivity index (χ2n) is 5.14. The third kappa shape index (κ3) is 2.99. The van der Waals surface area contributed by atoms with Gasteiger partial charge in [-0.15, -0.1) is 0 Å². The first-order valence-corrected chi connectivity index (χ1v) is 6.19. The highest BCUT2D eigenvalue weighted by Crippen LogP contribution is 2.26. The van der Waals surface area contributed by atoms with Gasteiger partial charge >= 0.3 is 0 Å². The molecule has 0 fully saturated rings. The van der Waals surface area contributed by atoms with Crippen LogP contribution in [0, 0.1) is 18.6 Å². The van der Waals surface area contributed by atoms with Crippen LogP contribution in [0.5, 0.6) is 0 Å². The van der Waals surface area contributed by atoms with Gasteiger partial charge in [0.15, 0.2) is 0 Å². The molecular formula is C16H17F2N. The summed E-state index contributed by atoms with van der Waals surface area (Å²) in [6.07, 6.45) is 0.458. The van der Waals surface area contributed by atoms with Crippen molar-refractivity contribution in [2.75, 3.05) is 0 Å². The monoisotopic (exact) mass is 261 g/mol. The normalized spacial score (nSPS) is 14.2. The fraction of sp³-hybridized carbons (Fsp3) is 0.250. The Hall–Kier alpha value is -1.74. The first-order chi connectivity index (χ1) is 8.90. The SMILES string of the molecule is Cc1cc(F)ccc1CC(C)(N)c1ccccc1F. The van der Waals surface area contributed by atoms with Gasteiger partial charge in [0.2, 0.25) is 0 Å². The minimum absolute atomic E-state index is 0.272. The van der Waals surface area contributed by atoms with E-state index in [0.29, 0.717) is 12.0 Å². The third-order valence-corrected chi connectivity index (χ3v) is 3.35. The van der Waals surface area contributed by atoms with Gasteiger partial charge in [0.25, 0.3) is 0 Å². The van der Waals surface area contributed by atoms with E-state index in [1.165, 1.54) is 18.2 Å². The maximum atomic E-state index is 13.8. The number of nitrogens with two attached hydrogens (primary N) is 1. The lowest BCUT2D eigenvalue weighted by molar-refractivity contribution is 0.456. The number of halogens is 2. The van der Waals surface area contributed by atoms with Crippen molar-refractivity contribution < 1.29 is 8.78 Å². The van der Waals surface area contributed by atoms with Crippen molar-refractivity contribution in [2.45, 2.75) is 25.8 Å². The molecule has 0 heterocycles. The predicted molar refractivity (Wildman–Crippen MR) is 72.8 cm³/mol. The molecule has 3 heteroatoms. The molecule has 2 N–H and O–H groups in total. The zero-order valence-electron chi connectivity index (χ0n) is 11.1. The van der Waals surface area contributed by atoms with E-state index in [0.717, 1.165) is 11.1 Å². The van der Waals surface area contributed by atoms with Gasteiger partial charge in [-0.25, -0.2) is 8.78 Å². The number of rotatable bonds is 3. The molecule has 0 aliphatic heterocycles. The summed E-state index contributed by atoms with van der Waals surface area (Å²) in [5, 5.41) is 0. The molecule has 2 rings (SSSR count). The Bertz CT molecular complexity index is 591. The lowest BCUT2D eigenvalue weighted by Crippen LogP contribution is -2.36. The molecule has 0 aromatic heterocycles. The van der Waals surface area contributed by atoms with Crippen molar-refractivity contribution in [1.82, 2.24) is 0 Å². The summed E-state index contributed by atoms with van der Waals surface area (Å²) in [5.41, 5.74) is 7.64. The minimum Gasteiger partial charge on any atom is -0.321 e. The van der Waals surface area contributed by atoms with Gasteiger partial charge in [-0.3, -0.25) is 0 Å².